The van der Waals surface area contributed by atoms with Crippen molar-refractivity contribution in [1.29, 1.82) is 0 Å². The van der Waals surface area contributed by atoms with Gasteiger partial charge in [-0.1, -0.05) is 29.8 Å². The van der Waals surface area contributed by atoms with Gasteiger partial charge in [0, 0.05) is 4.83 Å². The fourth-order valence-corrected chi connectivity index (χ4v) is 8.35. The Morgan fingerprint density at radius 3 is 2.57 bits per heavy atom. The SMILES string of the molecule is C[C@]12CC[C@H]3[C@@H](CCC4C[C@@H](O)CC[C@@]43C)[C@@H]1C[C@@H](Br)C2. The first-order chi connectivity index (χ1) is 9.92. The summed E-state index contributed by atoms with van der Waals surface area (Å²) in [7, 11) is 0. The molecule has 0 aromatic carbocycles. The molecule has 0 aromatic heterocycles. The van der Waals surface area contributed by atoms with E-state index in [1.54, 1.807) is 0 Å². The van der Waals surface area contributed by atoms with Crippen LogP contribution < -0.4 is 0 Å². The molecule has 4 aliphatic rings. The van der Waals surface area contributed by atoms with Crippen LogP contribution in [0.15, 0.2) is 0 Å². The van der Waals surface area contributed by atoms with Gasteiger partial charge in [-0.2, -0.15) is 0 Å². The van der Waals surface area contributed by atoms with E-state index in [1.807, 2.05) is 0 Å². The number of fused-ring (bicyclic) bond motifs is 5. The molecule has 0 amide bonds. The van der Waals surface area contributed by atoms with Crippen LogP contribution in [-0.4, -0.2) is 16.0 Å². The van der Waals surface area contributed by atoms with Gasteiger partial charge in [0.15, 0.2) is 0 Å². The highest BCUT2D eigenvalue weighted by atomic mass is 79.9. The van der Waals surface area contributed by atoms with Gasteiger partial charge in [-0.05, 0) is 92.3 Å². The second kappa shape index (κ2) is 4.97. The van der Waals surface area contributed by atoms with Gasteiger partial charge in [0.05, 0.1) is 6.10 Å². The number of aliphatic hydroxyl groups excluding tert-OH is 1. The molecule has 0 bridgehead atoms. The zero-order chi connectivity index (χ0) is 14.8. The molecule has 0 saturated heterocycles. The highest BCUT2D eigenvalue weighted by Crippen LogP contribution is 2.66. The van der Waals surface area contributed by atoms with Crippen LogP contribution in [-0.2, 0) is 0 Å². The summed E-state index contributed by atoms with van der Waals surface area (Å²) in [5.41, 5.74) is 1.15. The van der Waals surface area contributed by atoms with Crippen LogP contribution in [0.2, 0.25) is 0 Å². The summed E-state index contributed by atoms with van der Waals surface area (Å²) in [6.45, 7) is 5.16. The second-order valence-corrected chi connectivity index (χ2v) is 10.6. The summed E-state index contributed by atoms with van der Waals surface area (Å²) < 4.78 is 0. The maximum Gasteiger partial charge on any atom is 0.0543 e. The molecule has 1 N–H and O–H groups in total. The van der Waals surface area contributed by atoms with Crippen molar-refractivity contribution in [2.75, 3.05) is 0 Å². The largest absolute Gasteiger partial charge is 0.393 e. The molecule has 120 valence electrons. The fraction of sp³-hybridized carbons (Fsp3) is 1.00. The summed E-state index contributed by atoms with van der Waals surface area (Å²) in [4.78, 5) is 0.768. The third-order valence-electron chi connectivity index (χ3n) is 8.35. The molecule has 4 saturated carbocycles. The lowest BCUT2D eigenvalue weighted by atomic mass is 9.45. The van der Waals surface area contributed by atoms with Crippen LogP contribution in [0.4, 0.5) is 0 Å². The summed E-state index contributed by atoms with van der Waals surface area (Å²) in [6.07, 6.45) is 12.0. The molecule has 8 atom stereocenters. The average molecular weight is 355 g/mol. The van der Waals surface area contributed by atoms with Gasteiger partial charge in [0.25, 0.3) is 0 Å². The molecular weight excluding hydrogens is 324 g/mol. The van der Waals surface area contributed by atoms with Crippen LogP contribution in [0.1, 0.15) is 71.6 Å². The predicted molar refractivity (Wildman–Crippen MR) is 90.4 cm³/mol. The quantitative estimate of drug-likeness (QED) is 0.596. The molecule has 2 heteroatoms. The number of hydrogen-bond acceptors (Lipinski definition) is 1. The Kier molecular flexibility index (Phi) is 3.55. The summed E-state index contributed by atoms with van der Waals surface area (Å²) in [5.74, 6) is 3.68. The van der Waals surface area contributed by atoms with Crippen molar-refractivity contribution in [3.63, 3.8) is 0 Å². The topological polar surface area (TPSA) is 20.2 Å². The van der Waals surface area contributed by atoms with Crippen molar-refractivity contribution in [3.8, 4) is 0 Å². The molecule has 0 radical (unpaired) electrons. The van der Waals surface area contributed by atoms with E-state index in [2.05, 4.69) is 29.8 Å². The molecule has 4 rings (SSSR count). The minimum Gasteiger partial charge on any atom is -0.393 e. The van der Waals surface area contributed by atoms with Gasteiger partial charge in [0.1, 0.15) is 0 Å². The highest BCUT2D eigenvalue weighted by molar-refractivity contribution is 9.09. The number of hydrogen-bond donors (Lipinski definition) is 1. The molecule has 0 heterocycles. The maximum atomic E-state index is 10.1. The fourth-order valence-electron chi connectivity index (χ4n) is 7.21. The first kappa shape index (κ1) is 15.0. The van der Waals surface area contributed by atoms with Crippen molar-refractivity contribution >= 4 is 15.9 Å². The van der Waals surface area contributed by atoms with E-state index in [1.165, 1.54) is 44.9 Å². The summed E-state index contributed by atoms with van der Waals surface area (Å²) in [6, 6.07) is 0. The van der Waals surface area contributed by atoms with Crippen molar-refractivity contribution in [2.24, 2.45) is 34.5 Å². The number of alkyl halides is 1. The lowest BCUT2D eigenvalue weighted by molar-refractivity contribution is -0.120. The molecule has 4 fully saturated rings. The smallest absolute Gasteiger partial charge is 0.0543 e. The van der Waals surface area contributed by atoms with E-state index in [-0.39, 0.29) is 6.10 Å². The van der Waals surface area contributed by atoms with E-state index in [9.17, 15) is 5.11 Å². The van der Waals surface area contributed by atoms with Crippen LogP contribution in [0.3, 0.4) is 0 Å². The van der Waals surface area contributed by atoms with Crippen LogP contribution in [0.5, 0.6) is 0 Å². The van der Waals surface area contributed by atoms with Gasteiger partial charge >= 0.3 is 0 Å². The minimum absolute atomic E-state index is 0.00751. The molecule has 21 heavy (non-hydrogen) atoms. The maximum absolute atomic E-state index is 10.1. The molecule has 4 aliphatic carbocycles. The Morgan fingerprint density at radius 2 is 1.76 bits per heavy atom. The Labute approximate surface area is 138 Å². The summed E-state index contributed by atoms with van der Waals surface area (Å²) >= 11 is 3.94. The van der Waals surface area contributed by atoms with Crippen molar-refractivity contribution in [3.05, 3.63) is 0 Å². The Morgan fingerprint density at radius 1 is 0.952 bits per heavy atom. The predicted octanol–water partition coefficient (Wildman–Crippen LogP) is 5.15. The zero-order valence-corrected chi connectivity index (χ0v) is 15.2. The molecule has 1 unspecified atom stereocenters. The lowest BCUT2D eigenvalue weighted by Crippen LogP contribution is -2.53. The number of rotatable bonds is 0. The van der Waals surface area contributed by atoms with E-state index < -0.39 is 0 Å². The Balaban J connectivity index is 1.62. The van der Waals surface area contributed by atoms with Crippen molar-refractivity contribution in [1.82, 2.24) is 0 Å². The van der Waals surface area contributed by atoms with Crippen LogP contribution in [0, 0.1) is 34.5 Å². The van der Waals surface area contributed by atoms with Crippen molar-refractivity contribution < 1.29 is 5.11 Å². The van der Waals surface area contributed by atoms with Gasteiger partial charge in [-0.25, -0.2) is 0 Å². The van der Waals surface area contributed by atoms with Crippen LogP contribution >= 0.6 is 15.9 Å². The van der Waals surface area contributed by atoms with Gasteiger partial charge in [-0.3, -0.25) is 0 Å². The van der Waals surface area contributed by atoms with Gasteiger partial charge < -0.3 is 5.11 Å². The first-order valence-corrected chi connectivity index (χ1v) is 10.2. The average Bonchev–Trinajstić information content (AvgIpc) is 2.74. The van der Waals surface area contributed by atoms with Crippen molar-refractivity contribution in [2.45, 2.75) is 82.6 Å². The minimum atomic E-state index is -0.00751. The highest BCUT2D eigenvalue weighted by Gasteiger charge is 2.58. The van der Waals surface area contributed by atoms with Gasteiger partial charge in [0.2, 0.25) is 0 Å². The third-order valence-corrected chi connectivity index (χ3v) is 9.05. The molecule has 0 spiro atoms. The van der Waals surface area contributed by atoms with Gasteiger partial charge in [-0.15, -0.1) is 0 Å². The molecule has 1 nitrogen and oxygen atoms in total. The monoisotopic (exact) mass is 354 g/mol. The lowest BCUT2D eigenvalue weighted by Gasteiger charge is -2.60. The Hall–Kier alpha value is 0.440. The molecular formula is C19H31BrO. The third kappa shape index (κ3) is 2.18. The van der Waals surface area contributed by atoms with E-state index >= 15 is 0 Å². The molecule has 0 aromatic rings. The molecule has 0 aliphatic heterocycles. The van der Waals surface area contributed by atoms with Crippen LogP contribution in [0.25, 0.3) is 0 Å². The first-order valence-electron chi connectivity index (χ1n) is 9.24. The van der Waals surface area contributed by atoms with E-state index in [0.717, 1.165) is 41.3 Å². The van der Waals surface area contributed by atoms with E-state index in [4.69, 9.17) is 0 Å². The second-order valence-electron chi connectivity index (χ2n) is 9.31. The standard InChI is InChI=1S/C19H31BrO/c1-18-7-6-16-15(17(18)10-13(20)11-18)4-3-12-9-14(21)5-8-19(12,16)2/h12-17,21H,3-11H2,1-2H3/t12?,13-,14+,15-,16+,17+,18-,19+/m1/s1. The zero-order valence-electron chi connectivity index (χ0n) is 13.7. The Bertz CT molecular complexity index is 424. The number of aliphatic hydroxyl groups is 1. The summed E-state index contributed by atoms with van der Waals surface area (Å²) in [5, 5.41) is 10.1. The van der Waals surface area contributed by atoms with E-state index in [0.29, 0.717) is 10.8 Å². The number of halogens is 1. The normalized spacial score (nSPS) is 60.0.